The van der Waals surface area contributed by atoms with Gasteiger partial charge in [0.2, 0.25) is 5.95 Å². The first-order valence-corrected chi connectivity index (χ1v) is 10.5. The monoisotopic (exact) mass is 413 g/mol. The predicted octanol–water partition coefficient (Wildman–Crippen LogP) is 3.58. The lowest BCUT2D eigenvalue weighted by Crippen LogP contribution is -2.28. The van der Waals surface area contributed by atoms with Gasteiger partial charge < -0.3 is 5.32 Å². The Bertz CT molecular complexity index is 1370. The van der Waals surface area contributed by atoms with Crippen LogP contribution in [0.25, 0.3) is 10.8 Å². The molecule has 7 heteroatoms. The maximum atomic E-state index is 12.9. The van der Waals surface area contributed by atoms with Crippen molar-refractivity contribution in [3.8, 4) is 0 Å². The second-order valence-electron chi connectivity index (χ2n) is 7.96. The van der Waals surface area contributed by atoms with Crippen molar-refractivity contribution in [2.24, 2.45) is 0 Å². The largest absolute Gasteiger partial charge is 0.349 e. The molecule has 0 bridgehead atoms. The molecule has 2 N–H and O–H groups in total. The Kier molecular flexibility index (Phi) is 4.86. The molecule has 0 spiro atoms. The number of H-pyrrole nitrogens is 1. The second-order valence-corrected chi connectivity index (χ2v) is 7.96. The Hall–Kier alpha value is -3.74. The van der Waals surface area contributed by atoms with Crippen LogP contribution in [-0.4, -0.2) is 19.7 Å². The van der Waals surface area contributed by atoms with Crippen LogP contribution in [0.5, 0.6) is 0 Å². The zero-order valence-corrected chi connectivity index (χ0v) is 17.2. The van der Waals surface area contributed by atoms with E-state index in [4.69, 9.17) is 0 Å². The van der Waals surface area contributed by atoms with Crippen molar-refractivity contribution in [1.29, 1.82) is 0 Å². The Morgan fingerprint density at radius 1 is 1.13 bits per heavy atom. The van der Waals surface area contributed by atoms with Crippen molar-refractivity contribution in [1.82, 2.24) is 19.7 Å². The van der Waals surface area contributed by atoms with E-state index in [-0.39, 0.29) is 17.2 Å². The summed E-state index contributed by atoms with van der Waals surface area (Å²) in [6.45, 7) is 1.82. The van der Waals surface area contributed by atoms with Gasteiger partial charge in [-0.2, -0.15) is 5.10 Å². The molecule has 1 aliphatic carbocycles. The predicted molar refractivity (Wildman–Crippen MR) is 120 cm³/mol. The number of rotatable bonds is 4. The van der Waals surface area contributed by atoms with E-state index in [2.05, 4.69) is 38.6 Å². The highest BCUT2D eigenvalue weighted by atomic mass is 16.1. The summed E-state index contributed by atoms with van der Waals surface area (Å²) in [7, 11) is 0. The van der Waals surface area contributed by atoms with Gasteiger partial charge in [0.15, 0.2) is 0 Å². The van der Waals surface area contributed by atoms with Gasteiger partial charge in [0, 0.05) is 11.5 Å². The van der Waals surface area contributed by atoms with Crippen molar-refractivity contribution in [3.63, 3.8) is 0 Å². The Morgan fingerprint density at radius 3 is 2.84 bits per heavy atom. The van der Waals surface area contributed by atoms with Crippen molar-refractivity contribution in [3.05, 3.63) is 98.3 Å². The molecule has 31 heavy (non-hydrogen) atoms. The third-order valence-corrected chi connectivity index (χ3v) is 5.96. The SMILES string of the molecule is C[C@H](c1cc(=O)[nH]c(N[C@@H]2CCCc3ccccc32)n1)n1ncc2ccccc2c1=O. The van der Waals surface area contributed by atoms with Gasteiger partial charge in [0.25, 0.3) is 11.1 Å². The van der Waals surface area contributed by atoms with Gasteiger partial charge in [-0.15, -0.1) is 0 Å². The molecule has 156 valence electrons. The molecule has 2 aromatic heterocycles. The highest BCUT2D eigenvalue weighted by Gasteiger charge is 2.21. The minimum Gasteiger partial charge on any atom is -0.349 e. The molecule has 0 aliphatic heterocycles. The molecular weight excluding hydrogens is 390 g/mol. The Morgan fingerprint density at radius 2 is 1.94 bits per heavy atom. The molecule has 2 aromatic carbocycles. The van der Waals surface area contributed by atoms with Gasteiger partial charge in [0.05, 0.1) is 29.4 Å². The van der Waals surface area contributed by atoms with Gasteiger partial charge in [-0.1, -0.05) is 42.5 Å². The number of nitrogens with zero attached hydrogens (tertiary/aromatic N) is 3. The van der Waals surface area contributed by atoms with Crippen LogP contribution in [-0.2, 0) is 6.42 Å². The number of fused-ring (bicyclic) bond motifs is 2. The summed E-state index contributed by atoms with van der Waals surface area (Å²) in [4.78, 5) is 32.7. The lowest BCUT2D eigenvalue weighted by atomic mass is 9.88. The number of benzene rings is 2. The van der Waals surface area contributed by atoms with Crippen LogP contribution in [0.2, 0.25) is 0 Å². The molecule has 0 saturated carbocycles. The topological polar surface area (TPSA) is 92.7 Å². The number of nitrogens with one attached hydrogen (secondary N) is 2. The van der Waals surface area contributed by atoms with E-state index in [9.17, 15) is 9.59 Å². The number of anilines is 1. The quantitative estimate of drug-likeness (QED) is 0.533. The first-order valence-electron chi connectivity index (χ1n) is 10.5. The molecule has 4 aromatic rings. The van der Waals surface area contributed by atoms with Crippen LogP contribution in [0.4, 0.5) is 5.95 Å². The van der Waals surface area contributed by atoms with Crippen molar-refractivity contribution < 1.29 is 0 Å². The summed E-state index contributed by atoms with van der Waals surface area (Å²) in [6, 6.07) is 16.7. The van der Waals surface area contributed by atoms with E-state index in [1.807, 2.05) is 31.2 Å². The average molecular weight is 413 g/mol. The van der Waals surface area contributed by atoms with Crippen LogP contribution in [0.3, 0.4) is 0 Å². The molecule has 0 radical (unpaired) electrons. The minimum absolute atomic E-state index is 0.0835. The molecule has 2 heterocycles. The van der Waals surface area contributed by atoms with E-state index in [0.29, 0.717) is 17.0 Å². The van der Waals surface area contributed by atoms with E-state index >= 15 is 0 Å². The minimum atomic E-state index is -0.487. The third kappa shape index (κ3) is 3.63. The zero-order chi connectivity index (χ0) is 21.4. The molecule has 0 unspecified atom stereocenters. The van der Waals surface area contributed by atoms with Gasteiger partial charge in [-0.3, -0.25) is 14.6 Å². The number of aryl methyl sites for hydroxylation is 1. The number of aromatic amines is 1. The van der Waals surface area contributed by atoms with Crippen LogP contribution >= 0.6 is 0 Å². The molecule has 0 fully saturated rings. The number of hydrogen-bond donors (Lipinski definition) is 2. The number of aromatic nitrogens is 4. The maximum Gasteiger partial charge on any atom is 0.275 e. The zero-order valence-electron chi connectivity index (χ0n) is 17.2. The molecule has 2 atom stereocenters. The van der Waals surface area contributed by atoms with Crippen molar-refractivity contribution >= 4 is 16.7 Å². The summed E-state index contributed by atoms with van der Waals surface area (Å²) in [5, 5.41) is 9.09. The first-order chi connectivity index (χ1) is 15.1. The standard InChI is InChI=1S/C24H23N5O2/c1-15(29-23(31)19-11-5-3-8-17(19)14-25-29)21-13-22(30)28-24(27-21)26-20-12-6-9-16-7-2-4-10-18(16)20/h2-5,7-8,10-11,13-15,20H,6,9,12H2,1H3,(H2,26,27,28,30)/t15-,20-/m1/s1. The highest BCUT2D eigenvalue weighted by Crippen LogP contribution is 2.31. The molecule has 7 nitrogen and oxygen atoms in total. The van der Waals surface area contributed by atoms with E-state index in [1.54, 1.807) is 12.3 Å². The first kappa shape index (κ1) is 19.2. The molecule has 5 rings (SSSR count). The second kappa shape index (κ2) is 7.83. The van der Waals surface area contributed by atoms with Crippen LogP contribution in [0, 0.1) is 0 Å². The molecule has 1 aliphatic rings. The van der Waals surface area contributed by atoms with Crippen molar-refractivity contribution in [2.75, 3.05) is 5.32 Å². The molecular formula is C24H23N5O2. The smallest absolute Gasteiger partial charge is 0.275 e. The fourth-order valence-corrected chi connectivity index (χ4v) is 4.33. The normalized spacial score (nSPS) is 16.6. The Labute approximate surface area is 178 Å². The van der Waals surface area contributed by atoms with Crippen LogP contribution < -0.4 is 16.4 Å². The summed E-state index contributed by atoms with van der Waals surface area (Å²) in [5.74, 6) is 0.407. The van der Waals surface area contributed by atoms with Crippen molar-refractivity contribution in [2.45, 2.75) is 38.3 Å². The average Bonchev–Trinajstić information content (AvgIpc) is 2.79. The summed E-state index contributed by atoms with van der Waals surface area (Å²) in [6.07, 6.45) is 4.77. The van der Waals surface area contributed by atoms with E-state index in [1.165, 1.54) is 21.9 Å². The summed E-state index contributed by atoms with van der Waals surface area (Å²) in [5.41, 5.74) is 2.58. The van der Waals surface area contributed by atoms with Crippen LogP contribution in [0.1, 0.15) is 48.7 Å². The Balaban J connectivity index is 1.49. The van der Waals surface area contributed by atoms with Gasteiger partial charge in [-0.05, 0) is 43.4 Å². The molecule has 0 amide bonds. The maximum absolute atomic E-state index is 12.9. The fourth-order valence-electron chi connectivity index (χ4n) is 4.33. The number of hydrogen-bond acceptors (Lipinski definition) is 5. The van der Waals surface area contributed by atoms with Crippen LogP contribution in [0.15, 0.2) is 70.4 Å². The summed E-state index contributed by atoms with van der Waals surface area (Å²) < 4.78 is 1.38. The lowest BCUT2D eigenvalue weighted by Gasteiger charge is -2.26. The lowest BCUT2D eigenvalue weighted by molar-refractivity contribution is 0.523. The van der Waals surface area contributed by atoms with E-state index in [0.717, 1.165) is 24.6 Å². The summed E-state index contributed by atoms with van der Waals surface area (Å²) >= 11 is 0. The fraction of sp³-hybridized carbons (Fsp3) is 0.250. The van der Waals surface area contributed by atoms with Gasteiger partial charge >= 0.3 is 0 Å². The van der Waals surface area contributed by atoms with Gasteiger partial charge in [0.1, 0.15) is 0 Å². The van der Waals surface area contributed by atoms with Gasteiger partial charge in [-0.25, -0.2) is 9.67 Å². The highest BCUT2D eigenvalue weighted by molar-refractivity contribution is 5.80. The van der Waals surface area contributed by atoms with E-state index < -0.39 is 6.04 Å². The third-order valence-electron chi connectivity index (χ3n) is 5.96. The molecule has 0 saturated heterocycles.